The van der Waals surface area contributed by atoms with Gasteiger partial charge in [0.15, 0.2) is 0 Å². The smallest absolute Gasteiger partial charge is 0.387 e. The summed E-state index contributed by atoms with van der Waals surface area (Å²) < 4.78 is 30.0. The molecule has 3 rings (SSSR count). The number of para-hydroxylation sites is 1. The van der Waals surface area contributed by atoms with Crippen molar-refractivity contribution < 1.29 is 23.2 Å². The molecule has 0 aliphatic carbocycles. The van der Waals surface area contributed by atoms with Gasteiger partial charge in [0.2, 0.25) is 0 Å². The molecule has 0 atom stereocenters. The Labute approximate surface area is 152 Å². The van der Waals surface area contributed by atoms with E-state index in [1.54, 1.807) is 12.1 Å². The molecule has 0 radical (unpaired) electrons. The molecule has 0 aromatic heterocycles. The predicted octanol–water partition coefficient (Wildman–Crippen LogP) is 4.44. The standard InChI is InChI=1S/C17H13ClF2N2O4/c18-13-7-6-11(22(24)25)9-12(13)16(23)21-8-2-4-10-3-1-5-14(15(10)21)26-17(19)20/h1,3,5-7,9,17H,2,4,8H2. The van der Waals surface area contributed by atoms with Crippen molar-refractivity contribution in [1.82, 2.24) is 0 Å². The van der Waals surface area contributed by atoms with Crippen molar-refractivity contribution in [2.75, 3.05) is 11.4 Å². The molecule has 0 spiro atoms. The normalized spacial score (nSPS) is 13.5. The summed E-state index contributed by atoms with van der Waals surface area (Å²) in [5.41, 5.74) is 0.573. The fourth-order valence-corrected chi connectivity index (χ4v) is 3.14. The van der Waals surface area contributed by atoms with Crippen LogP contribution in [0.3, 0.4) is 0 Å². The molecule has 136 valence electrons. The summed E-state index contributed by atoms with van der Waals surface area (Å²) in [6.07, 6.45) is 1.21. The summed E-state index contributed by atoms with van der Waals surface area (Å²) >= 11 is 6.04. The number of hydrogen-bond acceptors (Lipinski definition) is 4. The van der Waals surface area contributed by atoms with Crippen molar-refractivity contribution in [2.45, 2.75) is 19.5 Å². The van der Waals surface area contributed by atoms with Crippen LogP contribution in [0.25, 0.3) is 0 Å². The second-order valence-electron chi connectivity index (χ2n) is 5.62. The first-order valence-electron chi connectivity index (χ1n) is 7.71. The van der Waals surface area contributed by atoms with E-state index in [0.717, 1.165) is 6.07 Å². The number of non-ortho nitro benzene ring substituents is 1. The van der Waals surface area contributed by atoms with Crippen LogP contribution in [-0.4, -0.2) is 24.0 Å². The van der Waals surface area contributed by atoms with Gasteiger partial charge in [0.25, 0.3) is 11.6 Å². The molecule has 2 aromatic carbocycles. The zero-order valence-electron chi connectivity index (χ0n) is 13.3. The number of benzene rings is 2. The Morgan fingerprint density at radius 3 is 2.77 bits per heavy atom. The molecule has 1 aliphatic rings. The second-order valence-corrected chi connectivity index (χ2v) is 6.03. The Hall–Kier alpha value is -2.74. The Bertz CT molecular complexity index is 876. The number of halogens is 3. The van der Waals surface area contributed by atoms with E-state index in [9.17, 15) is 23.7 Å². The Balaban J connectivity index is 2.06. The summed E-state index contributed by atoms with van der Waals surface area (Å²) in [4.78, 5) is 24.6. The molecule has 0 fully saturated rings. The van der Waals surface area contributed by atoms with Gasteiger partial charge >= 0.3 is 6.61 Å². The zero-order chi connectivity index (χ0) is 18.8. The first-order valence-corrected chi connectivity index (χ1v) is 8.09. The van der Waals surface area contributed by atoms with E-state index in [-0.39, 0.29) is 34.3 Å². The minimum atomic E-state index is -3.04. The van der Waals surface area contributed by atoms with Crippen LogP contribution < -0.4 is 9.64 Å². The molecule has 1 aliphatic heterocycles. The number of rotatable bonds is 4. The molecule has 0 unspecified atom stereocenters. The molecule has 2 aromatic rings. The van der Waals surface area contributed by atoms with Gasteiger partial charge in [0.05, 0.1) is 21.2 Å². The third kappa shape index (κ3) is 3.45. The van der Waals surface area contributed by atoms with Crippen molar-refractivity contribution >= 4 is 28.9 Å². The second kappa shape index (κ2) is 7.25. The van der Waals surface area contributed by atoms with Crippen LogP contribution in [0.2, 0.25) is 5.02 Å². The van der Waals surface area contributed by atoms with Crippen molar-refractivity contribution in [3.63, 3.8) is 0 Å². The van der Waals surface area contributed by atoms with Crippen LogP contribution in [0.5, 0.6) is 5.75 Å². The number of carbonyl (C=O) groups excluding carboxylic acids is 1. The number of carbonyl (C=O) groups is 1. The van der Waals surface area contributed by atoms with Gasteiger partial charge in [-0.15, -0.1) is 0 Å². The first-order chi connectivity index (χ1) is 12.4. The molecule has 0 saturated heterocycles. The van der Waals surface area contributed by atoms with Crippen LogP contribution in [-0.2, 0) is 6.42 Å². The van der Waals surface area contributed by atoms with Gasteiger partial charge in [-0.25, -0.2) is 0 Å². The maximum absolute atomic E-state index is 13.0. The average Bonchev–Trinajstić information content (AvgIpc) is 2.60. The topological polar surface area (TPSA) is 72.7 Å². The van der Waals surface area contributed by atoms with Gasteiger partial charge in [-0.2, -0.15) is 8.78 Å². The van der Waals surface area contributed by atoms with Crippen LogP contribution in [0.1, 0.15) is 22.3 Å². The summed E-state index contributed by atoms with van der Waals surface area (Å²) in [6.45, 7) is -2.78. The Morgan fingerprint density at radius 2 is 2.08 bits per heavy atom. The summed E-state index contributed by atoms with van der Waals surface area (Å²) in [5.74, 6) is -0.725. The van der Waals surface area contributed by atoms with Gasteiger partial charge in [-0.05, 0) is 30.5 Å². The number of aryl methyl sites for hydroxylation is 1. The number of hydrogen-bond donors (Lipinski definition) is 0. The number of nitrogens with zero attached hydrogens (tertiary/aromatic N) is 2. The summed E-state index contributed by atoms with van der Waals surface area (Å²) in [6, 6.07) is 8.18. The lowest BCUT2D eigenvalue weighted by Gasteiger charge is -2.31. The molecule has 1 amide bonds. The number of ether oxygens (including phenoxy) is 1. The number of nitro benzene ring substituents is 1. The lowest BCUT2D eigenvalue weighted by atomic mass is 10.00. The number of amides is 1. The number of nitro groups is 1. The zero-order valence-corrected chi connectivity index (χ0v) is 14.1. The molecule has 0 saturated carbocycles. The van der Waals surface area contributed by atoms with Gasteiger partial charge in [-0.3, -0.25) is 14.9 Å². The lowest BCUT2D eigenvalue weighted by Crippen LogP contribution is -2.36. The van der Waals surface area contributed by atoms with E-state index in [1.807, 2.05) is 0 Å². The van der Waals surface area contributed by atoms with Crippen LogP contribution in [0.15, 0.2) is 36.4 Å². The molecule has 26 heavy (non-hydrogen) atoms. The quantitative estimate of drug-likeness (QED) is 0.578. The van der Waals surface area contributed by atoms with Gasteiger partial charge in [-0.1, -0.05) is 23.7 Å². The highest BCUT2D eigenvalue weighted by atomic mass is 35.5. The van der Waals surface area contributed by atoms with Gasteiger partial charge < -0.3 is 9.64 Å². The van der Waals surface area contributed by atoms with Crippen molar-refractivity contribution in [2.24, 2.45) is 0 Å². The minimum absolute atomic E-state index is 0.0417. The molecule has 9 heteroatoms. The molecule has 0 N–H and O–H groups in total. The van der Waals surface area contributed by atoms with Crippen LogP contribution >= 0.6 is 11.6 Å². The van der Waals surface area contributed by atoms with E-state index in [4.69, 9.17) is 11.6 Å². The largest absolute Gasteiger partial charge is 0.433 e. The number of alkyl halides is 2. The fraction of sp³-hybridized carbons (Fsp3) is 0.235. The SMILES string of the molecule is O=C(c1cc([N+](=O)[O-])ccc1Cl)N1CCCc2cccc(OC(F)F)c21. The Morgan fingerprint density at radius 1 is 1.31 bits per heavy atom. The number of fused-ring (bicyclic) bond motifs is 1. The van der Waals surface area contributed by atoms with E-state index < -0.39 is 17.4 Å². The summed E-state index contributed by atoms with van der Waals surface area (Å²) in [5, 5.41) is 11.0. The first kappa shape index (κ1) is 18.1. The monoisotopic (exact) mass is 382 g/mol. The van der Waals surface area contributed by atoms with E-state index in [2.05, 4.69) is 4.74 Å². The van der Waals surface area contributed by atoms with Crippen molar-refractivity contribution in [3.8, 4) is 5.75 Å². The molecule has 6 nitrogen and oxygen atoms in total. The van der Waals surface area contributed by atoms with E-state index in [1.165, 1.54) is 23.1 Å². The minimum Gasteiger partial charge on any atom is -0.433 e. The van der Waals surface area contributed by atoms with E-state index in [0.29, 0.717) is 18.4 Å². The van der Waals surface area contributed by atoms with Gasteiger partial charge in [0, 0.05) is 18.7 Å². The van der Waals surface area contributed by atoms with Crippen LogP contribution in [0.4, 0.5) is 20.2 Å². The highest BCUT2D eigenvalue weighted by Crippen LogP contribution is 2.38. The summed E-state index contributed by atoms with van der Waals surface area (Å²) in [7, 11) is 0. The Kier molecular flexibility index (Phi) is 5.03. The highest BCUT2D eigenvalue weighted by molar-refractivity contribution is 6.34. The molecular formula is C17H13ClF2N2O4. The molecular weight excluding hydrogens is 370 g/mol. The van der Waals surface area contributed by atoms with Crippen molar-refractivity contribution in [1.29, 1.82) is 0 Å². The van der Waals surface area contributed by atoms with Crippen LogP contribution in [0, 0.1) is 10.1 Å². The number of anilines is 1. The fourth-order valence-electron chi connectivity index (χ4n) is 2.95. The maximum Gasteiger partial charge on any atom is 0.387 e. The average molecular weight is 383 g/mol. The third-order valence-electron chi connectivity index (χ3n) is 4.03. The highest BCUT2D eigenvalue weighted by Gasteiger charge is 2.29. The molecule has 1 heterocycles. The maximum atomic E-state index is 13.0. The van der Waals surface area contributed by atoms with E-state index >= 15 is 0 Å². The third-order valence-corrected chi connectivity index (χ3v) is 4.36. The lowest BCUT2D eigenvalue weighted by molar-refractivity contribution is -0.384. The predicted molar refractivity (Wildman–Crippen MR) is 91.2 cm³/mol. The van der Waals surface area contributed by atoms with Gasteiger partial charge in [0.1, 0.15) is 5.75 Å². The molecule has 0 bridgehead atoms. The van der Waals surface area contributed by atoms with Crippen molar-refractivity contribution in [3.05, 3.63) is 62.7 Å².